The summed E-state index contributed by atoms with van der Waals surface area (Å²) in [6.45, 7) is -0.00579. The maximum absolute atomic E-state index is 12.0. The molecule has 0 spiro atoms. The van der Waals surface area contributed by atoms with Crippen molar-refractivity contribution in [3.05, 3.63) is 0 Å². The summed E-state index contributed by atoms with van der Waals surface area (Å²) in [5, 5.41) is 2.62. The Hall–Kier alpha value is -0.620. The first-order valence-electron chi connectivity index (χ1n) is 7.22. The second kappa shape index (κ2) is 8.53. The molecule has 19 heavy (non-hydrogen) atoms. The molecule has 0 unspecified atom stereocenters. The Labute approximate surface area is 115 Å². The topological polar surface area (TPSA) is 83.5 Å². The molecule has 0 saturated heterocycles. The van der Waals surface area contributed by atoms with Gasteiger partial charge in [0.15, 0.2) is 0 Å². The molecule has 1 saturated carbocycles. The molecule has 0 aliphatic heterocycles. The zero-order valence-electron chi connectivity index (χ0n) is 11.4. The van der Waals surface area contributed by atoms with E-state index >= 15 is 0 Å². The summed E-state index contributed by atoms with van der Waals surface area (Å²) in [6.07, 6.45) is 10.0. The van der Waals surface area contributed by atoms with Gasteiger partial charge in [-0.3, -0.25) is 9.35 Å². The number of rotatable bonds is 4. The minimum atomic E-state index is -3.99. The van der Waals surface area contributed by atoms with Gasteiger partial charge in [0, 0.05) is 12.5 Å². The number of hydrogen-bond donors (Lipinski definition) is 2. The van der Waals surface area contributed by atoms with E-state index in [0.29, 0.717) is 0 Å². The van der Waals surface area contributed by atoms with Crippen LogP contribution in [0.5, 0.6) is 0 Å². The predicted octanol–water partition coefficient (Wildman–Crippen LogP) is 2.13. The van der Waals surface area contributed by atoms with E-state index in [-0.39, 0.29) is 18.4 Å². The molecule has 1 rings (SSSR count). The molecule has 5 nitrogen and oxygen atoms in total. The van der Waals surface area contributed by atoms with Gasteiger partial charge >= 0.3 is 0 Å². The van der Waals surface area contributed by atoms with Gasteiger partial charge in [-0.15, -0.1) is 0 Å². The molecule has 0 bridgehead atoms. The lowest BCUT2D eigenvalue weighted by Crippen LogP contribution is -2.34. The Morgan fingerprint density at radius 3 is 1.95 bits per heavy atom. The minimum absolute atomic E-state index is 0.000466. The molecular weight excluding hydrogens is 266 g/mol. The zero-order chi connectivity index (χ0) is 14.1. The summed E-state index contributed by atoms with van der Waals surface area (Å²) in [6, 6.07) is 0. The van der Waals surface area contributed by atoms with Gasteiger partial charge in [0.05, 0.1) is 5.75 Å². The van der Waals surface area contributed by atoms with Gasteiger partial charge in [-0.2, -0.15) is 8.42 Å². The van der Waals surface area contributed by atoms with Crippen molar-refractivity contribution in [2.24, 2.45) is 5.92 Å². The highest BCUT2D eigenvalue weighted by Gasteiger charge is 2.18. The Bertz CT molecular complexity index is 357. The molecule has 0 radical (unpaired) electrons. The number of nitrogens with one attached hydrogen (secondary N) is 1. The second-order valence-electron chi connectivity index (χ2n) is 5.33. The van der Waals surface area contributed by atoms with Crippen LogP contribution >= 0.6 is 0 Å². The van der Waals surface area contributed by atoms with Crippen molar-refractivity contribution in [3.63, 3.8) is 0 Å². The van der Waals surface area contributed by atoms with Crippen LogP contribution in [0.25, 0.3) is 0 Å². The molecule has 6 heteroatoms. The lowest BCUT2D eigenvalue weighted by atomic mass is 9.91. The fraction of sp³-hybridized carbons (Fsp3) is 0.923. The maximum atomic E-state index is 12.0. The predicted molar refractivity (Wildman–Crippen MR) is 74.5 cm³/mol. The Morgan fingerprint density at radius 1 is 1.00 bits per heavy atom. The highest BCUT2D eigenvalue weighted by Crippen LogP contribution is 2.21. The Balaban J connectivity index is 2.34. The van der Waals surface area contributed by atoms with Gasteiger partial charge in [0.25, 0.3) is 10.1 Å². The van der Waals surface area contributed by atoms with Crippen molar-refractivity contribution in [1.29, 1.82) is 0 Å². The molecule has 0 aromatic rings. The van der Waals surface area contributed by atoms with Crippen molar-refractivity contribution >= 4 is 16.0 Å². The van der Waals surface area contributed by atoms with Gasteiger partial charge < -0.3 is 5.32 Å². The van der Waals surface area contributed by atoms with Crippen molar-refractivity contribution in [3.8, 4) is 0 Å². The number of amides is 1. The van der Waals surface area contributed by atoms with Crippen LogP contribution in [-0.2, 0) is 14.9 Å². The summed E-state index contributed by atoms with van der Waals surface area (Å²) < 4.78 is 29.8. The lowest BCUT2D eigenvalue weighted by Gasteiger charge is -2.18. The average molecular weight is 291 g/mol. The largest absolute Gasteiger partial charge is 0.355 e. The third kappa shape index (κ3) is 8.21. The smallest absolute Gasteiger partial charge is 0.266 e. The van der Waals surface area contributed by atoms with Gasteiger partial charge in [-0.1, -0.05) is 44.9 Å². The van der Waals surface area contributed by atoms with Crippen molar-refractivity contribution < 1.29 is 17.8 Å². The molecular formula is C13H25NO4S. The van der Waals surface area contributed by atoms with Crippen LogP contribution in [0.3, 0.4) is 0 Å². The number of carbonyl (C=O) groups excluding carboxylic acids is 1. The van der Waals surface area contributed by atoms with Gasteiger partial charge in [0.1, 0.15) is 0 Å². The lowest BCUT2D eigenvalue weighted by molar-refractivity contribution is -0.125. The van der Waals surface area contributed by atoms with Crippen LogP contribution in [0.4, 0.5) is 0 Å². The van der Waals surface area contributed by atoms with E-state index in [2.05, 4.69) is 5.32 Å². The van der Waals surface area contributed by atoms with Gasteiger partial charge in [0.2, 0.25) is 5.91 Å². The fourth-order valence-corrected chi connectivity index (χ4v) is 2.88. The summed E-state index contributed by atoms with van der Waals surface area (Å²) in [7, 11) is -3.99. The second-order valence-corrected chi connectivity index (χ2v) is 6.90. The third-order valence-corrected chi connectivity index (χ3v) is 4.36. The zero-order valence-corrected chi connectivity index (χ0v) is 12.3. The standard InChI is InChI=1S/C13H25NO4S/c15-13(14-10-11-19(16,17)18)12-8-6-4-2-1-3-5-7-9-12/h12H,1-11H2,(H,14,15)(H,16,17,18). The van der Waals surface area contributed by atoms with E-state index in [1.165, 1.54) is 32.1 Å². The summed E-state index contributed by atoms with van der Waals surface area (Å²) in [5.41, 5.74) is 0. The SMILES string of the molecule is O=C(NCCS(=O)(=O)O)C1CCCCCCCCC1. The van der Waals surface area contributed by atoms with E-state index in [4.69, 9.17) is 4.55 Å². The minimum Gasteiger partial charge on any atom is -0.355 e. The van der Waals surface area contributed by atoms with E-state index < -0.39 is 15.9 Å². The van der Waals surface area contributed by atoms with Crippen molar-refractivity contribution in [2.75, 3.05) is 12.3 Å². The van der Waals surface area contributed by atoms with Gasteiger partial charge in [-0.25, -0.2) is 0 Å². The molecule has 0 aromatic carbocycles. The highest BCUT2D eigenvalue weighted by molar-refractivity contribution is 7.85. The molecule has 1 aliphatic carbocycles. The Kier molecular flexibility index (Phi) is 7.38. The quantitative estimate of drug-likeness (QED) is 0.777. The number of hydrogen-bond acceptors (Lipinski definition) is 3. The first kappa shape index (κ1) is 16.4. The molecule has 1 aliphatic rings. The molecule has 0 aromatic heterocycles. The Morgan fingerprint density at radius 2 is 1.47 bits per heavy atom. The first-order valence-corrected chi connectivity index (χ1v) is 8.83. The highest BCUT2D eigenvalue weighted by atomic mass is 32.2. The van der Waals surface area contributed by atoms with Crippen LogP contribution in [0, 0.1) is 5.92 Å². The van der Waals surface area contributed by atoms with Crippen LogP contribution in [0.1, 0.15) is 57.8 Å². The van der Waals surface area contributed by atoms with Crippen molar-refractivity contribution in [1.82, 2.24) is 5.32 Å². The molecule has 1 fully saturated rings. The summed E-state index contributed by atoms with van der Waals surface area (Å²) in [5.74, 6) is -0.477. The monoisotopic (exact) mass is 291 g/mol. The molecule has 1 amide bonds. The molecule has 0 heterocycles. The van der Waals surface area contributed by atoms with Crippen LogP contribution < -0.4 is 5.32 Å². The van der Waals surface area contributed by atoms with Gasteiger partial charge in [-0.05, 0) is 12.8 Å². The van der Waals surface area contributed by atoms with E-state index in [1.54, 1.807) is 0 Å². The fourth-order valence-electron chi connectivity index (χ4n) is 2.52. The van der Waals surface area contributed by atoms with Crippen LogP contribution in [-0.4, -0.2) is 31.2 Å². The van der Waals surface area contributed by atoms with Crippen molar-refractivity contribution in [2.45, 2.75) is 57.8 Å². The number of carbonyl (C=O) groups is 1. The van der Waals surface area contributed by atoms with E-state index in [1.807, 2.05) is 0 Å². The molecule has 112 valence electrons. The summed E-state index contributed by atoms with van der Waals surface area (Å²) >= 11 is 0. The molecule has 0 atom stereocenters. The normalized spacial score (nSPS) is 19.8. The van der Waals surface area contributed by atoms with E-state index in [0.717, 1.165) is 25.7 Å². The van der Waals surface area contributed by atoms with Crippen LogP contribution in [0.2, 0.25) is 0 Å². The third-order valence-electron chi connectivity index (χ3n) is 3.64. The average Bonchev–Trinajstić information content (AvgIpc) is 2.34. The first-order chi connectivity index (χ1) is 8.99. The van der Waals surface area contributed by atoms with E-state index in [9.17, 15) is 13.2 Å². The maximum Gasteiger partial charge on any atom is 0.266 e. The van der Waals surface area contributed by atoms with Crippen LogP contribution in [0.15, 0.2) is 0 Å². The molecule has 2 N–H and O–H groups in total. The summed E-state index contributed by atoms with van der Waals surface area (Å²) in [4.78, 5) is 12.0.